The fourth-order valence-electron chi connectivity index (χ4n) is 1.40. The van der Waals surface area contributed by atoms with Crippen molar-refractivity contribution in [2.45, 2.75) is 39.5 Å². The van der Waals surface area contributed by atoms with E-state index >= 15 is 0 Å². The Bertz CT molecular complexity index is 233. The van der Waals surface area contributed by atoms with Gasteiger partial charge in [-0.05, 0) is 38.7 Å². The third-order valence-corrected chi connectivity index (χ3v) is 2.40. The predicted octanol–water partition coefficient (Wildman–Crippen LogP) is 3.02. The Morgan fingerprint density at radius 2 is 2.42 bits per heavy atom. The van der Waals surface area contributed by atoms with Crippen LogP contribution in [-0.2, 0) is 4.79 Å². The van der Waals surface area contributed by atoms with Crippen molar-refractivity contribution in [3.05, 3.63) is 23.3 Å². The van der Waals surface area contributed by atoms with Crippen LogP contribution >= 0.6 is 0 Å². The lowest BCUT2D eigenvalue weighted by atomic mass is 10.0. The molecule has 1 nitrogen and oxygen atoms in total. The van der Waals surface area contributed by atoms with Crippen molar-refractivity contribution in [1.82, 2.24) is 0 Å². The molecule has 66 valence electrons. The molecule has 1 aliphatic carbocycles. The minimum Gasteiger partial charge on any atom is -0.294 e. The summed E-state index contributed by atoms with van der Waals surface area (Å²) in [5.74, 6) is 0.283. The first-order valence-electron chi connectivity index (χ1n) is 4.58. The highest BCUT2D eigenvalue weighted by Gasteiger charge is 2.10. The molecule has 0 saturated carbocycles. The van der Waals surface area contributed by atoms with Crippen LogP contribution in [0.5, 0.6) is 0 Å². The van der Waals surface area contributed by atoms with E-state index in [9.17, 15) is 4.79 Å². The highest BCUT2D eigenvalue weighted by molar-refractivity contribution is 5.96. The normalized spacial score (nSPS) is 17.8. The van der Waals surface area contributed by atoms with Crippen molar-refractivity contribution >= 4 is 5.78 Å². The van der Waals surface area contributed by atoms with Crippen LogP contribution in [0.1, 0.15) is 39.5 Å². The number of rotatable bonds is 3. The fourth-order valence-corrected chi connectivity index (χ4v) is 1.40. The highest BCUT2D eigenvalue weighted by atomic mass is 16.1. The number of carbonyl (C=O) groups excluding carboxylic acids is 1. The molecule has 0 unspecified atom stereocenters. The van der Waals surface area contributed by atoms with Crippen LogP contribution in [0, 0.1) is 0 Å². The average molecular weight is 164 g/mol. The molecule has 1 rings (SSSR count). The summed E-state index contributed by atoms with van der Waals surface area (Å²) < 4.78 is 0. The van der Waals surface area contributed by atoms with Crippen LogP contribution in [0.15, 0.2) is 23.3 Å². The lowest BCUT2D eigenvalue weighted by Gasteiger charge is -2.00. The second-order valence-electron chi connectivity index (χ2n) is 3.33. The summed E-state index contributed by atoms with van der Waals surface area (Å²) >= 11 is 0. The first-order chi connectivity index (χ1) is 5.74. The van der Waals surface area contributed by atoms with E-state index in [2.05, 4.69) is 6.08 Å². The highest BCUT2D eigenvalue weighted by Crippen LogP contribution is 2.21. The molecule has 0 spiro atoms. The van der Waals surface area contributed by atoms with Gasteiger partial charge in [0.25, 0.3) is 0 Å². The van der Waals surface area contributed by atoms with Gasteiger partial charge in [-0.15, -0.1) is 0 Å². The Labute approximate surface area is 74.2 Å². The smallest absolute Gasteiger partial charge is 0.162 e. The van der Waals surface area contributed by atoms with Crippen molar-refractivity contribution in [2.75, 3.05) is 0 Å². The van der Waals surface area contributed by atoms with Gasteiger partial charge in [-0.25, -0.2) is 0 Å². The topological polar surface area (TPSA) is 17.1 Å². The van der Waals surface area contributed by atoms with Crippen LogP contribution in [0.3, 0.4) is 0 Å². The molecule has 0 N–H and O–H groups in total. The molecule has 0 bridgehead atoms. The lowest BCUT2D eigenvalue weighted by Crippen LogP contribution is -1.99. The van der Waals surface area contributed by atoms with Gasteiger partial charge >= 0.3 is 0 Å². The summed E-state index contributed by atoms with van der Waals surface area (Å²) in [4.78, 5) is 11.4. The zero-order valence-corrected chi connectivity index (χ0v) is 7.89. The van der Waals surface area contributed by atoms with Gasteiger partial charge in [-0.1, -0.05) is 17.7 Å². The fraction of sp³-hybridized carbons (Fsp3) is 0.545. The molecule has 0 aliphatic heterocycles. The van der Waals surface area contributed by atoms with Gasteiger partial charge in [0.1, 0.15) is 0 Å². The van der Waals surface area contributed by atoms with Crippen molar-refractivity contribution in [3.8, 4) is 0 Å². The number of allylic oxidation sites excluding steroid dienone is 4. The number of ketones is 1. The summed E-state index contributed by atoms with van der Waals surface area (Å²) in [7, 11) is 0. The van der Waals surface area contributed by atoms with Crippen molar-refractivity contribution in [1.29, 1.82) is 0 Å². The molecular formula is C11H16O. The maximum absolute atomic E-state index is 11.4. The third kappa shape index (κ3) is 2.33. The van der Waals surface area contributed by atoms with Gasteiger partial charge in [-0.3, -0.25) is 4.79 Å². The number of Topliss-reactive ketones (excluding diaryl/α,β-unsaturated/α-hetero) is 1. The first kappa shape index (κ1) is 9.24. The number of hydrogen-bond donors (Lipinski definition) is 0. The van der Waals surface area contributed by atoms with Gasteiger partial charge in [0.2, 0.25) is 0 Å². The Hall–Kier alpha value is -0.850. The maximum Gasteiger partial charge on any atom is 0.162 e. The van der Waals surface area contributed by atoms with E-state index in [0.29, 0.717) is 6.42 Å². The second-order valence-corrected chi connectivity index (χ2v) is 3.33. The molecule has 12 heavy (non-hydrogen) atoms. The molecule has 0 atom stereocenters. The first-order valence-corrected chi connectivity index (χ1v) is 4.58. The molecule has 0 saturated heterocycles. The molecule has 0 aromatic rings. The average Bonchev–Trinajstić information content (AvgIpc) is 2.55. The SMILES string of the molecule is CC=C(C)C(=O)CC1=CCCC1. The molecule has 1 heteroatoms. The van der Waals surface area contributed by atoms with Crippen molar-refractivity contribution in [2.24, 2.45) is 0 Å². The van der Waals surface area contributed by atoms with E-state index < -0.39 is 0 Å². The van der Waals surface area contributed by atoms with E-state index in [0.717, 1.165) is 18.4 Å². The summed E-state index contributed by atoms with van der Waals surface area (Å²) in [6.45, 7) is 3.80. The minimum absolute atomic E-state index is 0.283. The van der Waals surface area contributed by atoms with Gasteiger partial charge in [0.15, 0.2) is 5.78 Å². The van der Waals surface area contributed by atoms with Crippen LogP contribution in [0.25, 0.3) is 0 Å². The van der Waals surface area contributed by atoms with Crippen LogP contribution in [-0.4, -0.2) is 5.78 Å². The minimum atomic E-state index is 0.283. The van der Waals surface area contributed by atoms with E-state index in [-0.39, 0.29) is 5.78 Å². The Kier molecular flexibility index (Phi) is 3.27. The summed E-state index contributed by atoms with van der Waals surface area (Å²) in [6.07, 6.45) is 8.27. The Morgan fingerprint density at radius 1 is 1.67 bits per heavy atom. The Balaban J connectivity index is 2.46. The van der Waals surface area contributed by atoms with Crippen LogP contribution in [0.2, 0.25) is 0 Å². The number of carbonyl (C=O) groups is 1. The summed E-state index contributed by atoms with van der Waals surface area (Å²) in [5, 5.41) is 0. The molecule has 0 aromatic heterocycles. The zero-order chi connectivity index (χ0) is 8.97. The van der Waals surface area contributed by atoms with Crippen molar-refractivity contribution < 1.29 is 4.79 Å². The van der Waals surface area contributed by atoms with Gasteiger partial charge in [0, 0.05) is 6.42 Å². The zero-order valence-electron chi connectivity index (χ0n) is 7.89. The van der Waals surface area contributed by atoms with Crippen molar-refractivity contribution in [3.63, 3.8) is 0 Å². The standard InChI is InChI=1S/C11H16O/c1-3-9(2)11(12)8-10-6-4-5-7-10/h3,6H,4-5,7-8H2,1-2H3. The maximum atomic E-state index is 11.4. The molecule has 0 fully saturated rings. The van der Waals surface area contributed by atoms with E-state index in [1.807, 2.05) is 19.9 Å². The van der Waals surface area contributed by atoms with Gasteiger partial charge < -0.3 is 0 Å². The summed E-state index contributed by atoms with van der Waals surface area (Å²) in [6, 6.07) is 0. The summed E-state index contributed by atoms with van der Waals surface area (Å²) in [5.41, 5.74) is 2.23. The molecule has 0 heterocycles. The second kappa shape index (κ2) is 4.24. The molecule has 1 aliphatic rings. The van der Waals surface area contributed by atoms with Gasteiger partial charge in [-0.2, -0.15) is 0 Å². The molecule has 0 aromatic carbocycles. The van der Waals surface area contributed by atoms with E-state index in [4.69, 9.17) is 0 Å². The quantitative estimate of drug-likeness (QED) is 0.463. The largest absolute Gasteiger partial charge is 0.294 e. The monoisotopic (exact) mass is 164 g/mol. The van der Waals surface area contributed by atoms with E-state index in [1.165, 1.54) is 12.0 Å². The lowest BCUT2D eigenvalue weighted by molar-refractivity contribution is -0.114. The molecule has 0 radical (unpaired) electrons. The molecular weight excluding hydrogens is 148 g/mol. The van der Waals surface area contributed by atoms with Crippen LogP contribution in [0.4, 0.5) is 0 Å². The molecule has 0 amide bonds. The number of hydrogen-bond acceptors (Lipinski definition) is 1. The van der Waals surface area contributed by atoms with E-state index in [1.54, 1.807) is 0 Å². The third-order valence-electron chi connectivity index (χ3n) is 2.40. The Morgan fingerprint density at radius 3 is 2.92 bits per heavy atom. The van der Waals surface area contributed by atoms with Crippen LogP contribution < -0.4 is 0 Å². The predicted molar refractivity (Wildman–Crippen MR) is 51.0 cm³/mol. The van der Waals surface area contributed by atoms with Gasteiger partial charge in [0.05, 0.1) is 0 Å².